The Kier molecular flexibility index (Phi) is 4.87. The summed E-state index contributed by atoms with van der Waals surface area (Å²) in [5, 5.41) is 14.0. The lowest BCUT2D eigenvalue weighted by atomic mass is 9.96. The number of carbonyl (C=O) groups excluding carboxylic acids is 1. The number of hydrazine groups is 1. The van der Waals surface area contributed by atoms with Crippen LogP contribution in [0, 0.1) is 11.3 Å². The van der Waals surface area contributed by atoms with Gasteiger partial charge < -0.3 is 0 Å². The molecule has 0 spiro atoms. The molecule has 7 heteroatoms. The van der Waals surface area contributed by atoms with Crippen molar-refractivity contribution < 1.29 is 4.79 Å². The number of nitriles is 1. The number of hydrogen-bond donors (Lipinski definition) is 2. The number of amides is 1. The Labute approximate surface area is 149 Å². The number of hydrogen-bond acceptors (Lipinski definition) is 5. The molecule has 1 aromatic heterocycles. The van der Waals surface area contributed by atoms with Gasteiger partial charge in [-0.25, -0.2) is 10.5 Å². The lowest BCUT2D eigenvalue weighted by Crippen LogP contribution is -2.38. The van der Waals surface area contributed by atoms with Gasteiger partial charge in [0.25, 0.3) is 11.5 Å². The molecule has 0 aliphatic heterocycles. The van der Waals surface area contributed by atoms with Crippen LogP contribution < -0.4 is 16.8 Å². The maximum Gasteiger partial charge on any atom is 0.285 e. The van der Waals surface area contributed by atoms with Crippen LogP contribution in [-0.2, 0) is 11.3 Å². The van der Waals surface area contributed by atoms with Gasteiger partial charge in [0, 0.05) is 11.1 Å². The molecule has 0 fully saturated rings. The normalized spacial score (nSPS) is 10.2. The summed E-state index contributed by atoms with van der Waals surface area (Å²) in [5.41, 5.74) is 3.55. The van der Waals surface area contributed by atoms with E-state index in [1.807, 2.05) is 60.0 Å². The van der Waals surface area contributed by atoms with E-state index in [2.05, 4.69) is 5.10 Å². The maximum absolute atomic E-state index is 12.7. The van der Waals surface area contributed by atoms with Crippen LogP contribution in [0.15, 0.2) is 65.5 Å². The van der Waals surface area contributed by atoms with E-state index in [9.17, 15) is 14.9 Å². The molecule has 3 N–H and O–H groups in total. The first kappa shape index (κ1) is 17.1. The van der Waals surface area contributed by atoms with Gasteiger partial charge in [-0.05, 0) is 5.56 Å². The zero-order valence-corrected chi connectivity index (χ0v) is 13.7. The Morgan fingerprint density at radius 1 is 1.08 bits per heavy atom. The quantitative estimate of drug-likeness (QED) is 0.422. The van der Waals surface area contributed by atoms with Crippen molar-refractivity contribution in [2.75, 3.05) is 0 Å². The molecule has 26 heavy (non-hydrogen) atoms. The minimum absolute atomic E-state index is 0.0742. The molecule has 2 aromatic carbocycles. The van der Waals surface area contributed by atoms with Gasteiger partial charge in [0.2, 0.25) is 0 Å². The lowest BCUT2D eigenvalue weighted by Gasteiger charge is -2.14. The minimum atomic E-state index is -0.644. The van der Waals surface area contributed by atoms with Gasteiger partial charge in [-0.1, -0.05) is 60.7 Å². The number of nitrogens with two attached hydrogens (primary N) is 1. The highest BCUT2D eigenvalue weighted by Gasteiger charge is 2.20. The van der Waals surface area contributed by atoms with Gasteiger partial charge in [-0.2, -0.15) is 10.4 Å². The summed E-state index contributed by atoms with van der Waals surface area (Å²) in [6, 6.07) is 20.2. The van der Waals surface area contributed by atoms with E-state index in [0.29, 0.717) is 16.8 Å². The summed E-state index contributed by atoms with van der Waals surface area (Å²) in [4.78, 5) is 24.3. The molecule has 1 heterocycles. The van der Waals surface area contributed by atoms with Crippen molar-refractivity contribution in [3.8, 4) is 28.5 Å². The smallest absolute Gasteiger partial charge is 0.285 e. The first-order chi connectivity index (χ1) is 12.7. The minimum Gasteiger partial charge on any atom is -0.293 e. The Balaban J connectivity index is 2.35. The zero-order valence-electron chi connectivity index (χ0n) is 13.7. The van der Waals surface area contributed by atoms with Gasteiger partial charge in [-0.15, -0.1) is 0 Å². The second kappa shape index (κ2) is 7.42. The van der Waals surface area contributed by atoms with E-state index >= 15 is 0 Å². The van der Waals surface area contributed by atoms with Gasteiger partial charge in [0.05, 0.1) is 0 Å². The van der Waals surface area contributed by atoms with Gasteiger partial charge in [0.15, 0.2) is 0 Å². The molecule has 7 nitrogen and oxygen atoms in total. The Morgan fingerprint density at radius 3 is 2.19 bits per heavy atom. The van der Waals surface area contributed by atoms with Crippen LogP contribution in [0.5, 0.6) is 0 Å². The largest absolute Gasteiger partial charge is 0.293 e. The summed E-state index contributed by atoms with van der Waals surface area (Å²) in [6.07, 6.45) is 0. The number of nitrogens with one attached hydrogen (secondary N) is 1. The fourth-order valence-corrected chi connectivity index (χ4v) is 2.65. The standard InChI is InChI=1S/C19H15N5O2/c20-11-15-17(13-7-3-1-4-8-13)18(14-9-5-2-6-10-14)23-24(19(15)26)12-16(25)22-21/h1-10H,12,21H2,(H,22,25). The van der Waals surface area contributed by atoms with E-state index in [4.69, 9.17) is 5.84 Å². The molecule has 0 saturated heterocycles. The molecule has 0 atom stereocenters. The van der Waals surface area contributed by atoms with Crippen molar-refractivity contribution in [3.05, 3.63) is 76.6 Å². The summed E-state index contributed by atoms with van der Waals surface area (Å²) >= 11 is 0. The van der Waals surface area contributed by atoms with Crippen LogP contribution in [0.25, 0.3) is 22.4 Å². The van der Waals surface area contributed by atoms with Crippen molar-refractivity contribution in [2.24, 2.45) is 5.84 Å². The highest BCUT2D eigenvalue weighted by Crippen LogP contribution is 2.31. The topological polar surface area (TPSA) is 114 Å². The number of rotatable bonds is 4. The van der Waals surface area contributed by atoms with Crippen LogP contribution in [0.3, 0.4) is 0 Å². The predicted octanol–water partition coefficient (Wildman–Crippen LogP) is 1.44. The lowest BCUT2D eigenvalue weighted by molar-refractivity contribution is -0.121. The van der Waals surface area contributed by atoms with Crippen LogP contribution in [0.1, 0.15) is 5.56 Å². The Morgan fingerprint density at radius 2 is 1.65 bits per heavy atom. The van der Waals surface area contributed by atoms with E-state index in [0.717, 1.165) is 10.2 Å². The third-order valence-electron chi connectivity index (χ3n) is 3.83. The van der Waals surface area contributed by atoms with Crippen LogP contribution in [0.2, 0.25) is 0 Å². The molecule has 3 aromatic rings. The second-order valence-corrected chi connectivity index (χ2v) is 5.47. The maximum atomic E-state index is 12.7. The summed E-state index contributed by atoms with van der Waals surface area (Å²) in [6.45, 7) is -0.376. The predicted molar refractivity (Wildman–Crippen MR) is 96.4 cm³/mol. The van der Waals surface area contributed by atoms with Crippen LogP contribution >= 0.6 is 0 Å². The van der Waals surface area contributed by atoms with E-state index in [1.54, 1.807) is 12.1 Å². The van der Waals surface area contributed by atoms with Crippen molar-refractivity contribution in [1.29, 1.82) is 5.26 Å². The molecule has 0 aliphatic carbocycles. The Bertz CT molecular complexity index is 1040. The monoisotopic (exact) mass is 345 g/mol. The first-order valence-electron chi connectivity index (χ1n) is 7.81. The fraction of sp³-hybridized carbons (Fsp3) is 0.0526. The SMILES string of the molecule is N#Cc1c(-c2ccccc2)c(-c2ccccc2)nn(CC(=O)NN)c1=O. The number of carbonyl (C=O) groups is 1. The summed E-state index contributed by atoms with van der Waals surface area (Å²) in [5.74, 6) is 4.51. The Hall–Kier alpha value is -3.76. The number of nitrogens with zero attached hydrogens (tertiary/aromatic N) is 3. The summed E-state index contributed by atoms with van der Waals surface area (Å²) in [7, 11) is 0. The second-order valence-electron chi connectivity index (χ2n) is 5.47. The van der Waals surface area contributed by atoms with Crippen LogP contribution in [-0.4, -0.2) is 15.7 Å². The average molecular weight is 345 g/mol. The van der Waals surface area contributed by atoms with Gasteiger partial charge in [0.1, 0.15) is 23.9 Å². The number of aromatic nitrogens is 2. The van der Waals surface area contributed by atoms with Crippen molar-refractivity contribution in [2.45, 2.75) is 6.54 Å². The number of benzene rings is 2. The molecule has 0 aliphatic rings. The molecule has 3 rings (SSSR count). The first-order valence-corrected chi connectivity index (χ1v) is 7.81. The molecule has 128 valence electrons. The van der Waals surface area contributed by atoms with Gasteiger partial charge in [-0.3, -0.25) is 15.0 Å². The third-order valence-corrected chi connectivity index (χ3v) is 3.83. The van der Waals surface area contributed by atoms with Crippen molar-refractivity contribution in [1.82, 2.24) is 15.2 Å². The molecule has 0 unspecified atom stereocenters. The average Bonchev–Trinajstić information content (AvgIpc) is 2.70. The molecular weight excluding hydrogens is 330 g/mol. The fourth-order valence-electron chi connectivity index (χ4n) is 2.65. The highest BCUT2D eigenvalue weighted by atomic mass is 16.2. The molecule has 1 amide bonds. The molecular formula is C19H15N5O2. The highest BCUT2D eigenvalue weighted by molar-refractivity contribution is 5.84. The molecule has 0 bridgehead atoms. The van der Waals surface area contributed by atoms with Crippen LogP contribution in [0.4, 0.5) is 0 Å². The summed E-state index contributed by atoms with van der Waals surface area (Å²) < 4.78 is 0.954. The third kappa shape index (κ3) is 3.22. The van der Waals surface area contributed by atoms with E-state index < -0.39 is 11.5 Å². The molecule has 0 radical (unpaired) electrons. The van der Waals surface area contributed by atoms with Crippen molar-refractivity contribution >= 4 is 5.91 Å². The molecule has 0 saturated carbocycles. The van der Waals surface area contributed by atoms with E-state index in [1.165, 1.54) is 0 Å². The van der Waals surface area contributed by atoms with Gasteiger partial charge >= 0.3 is 0 Å². The van der Waals surface area contributed by atoms with E-state index in [-0.39, 0.29) is 12.1 Å². The van der Waals surface area contributed by atoms with Crippen molar-refractivity contribution in [3.63, 3.8) is 0 Å². The zero-order chi connectivity index (χ0) is 18.5.